The van der Waals surface area contributed by atoms with Crippen molar-refractivity contribution in [2.75, 3.05) is 0 Å². The van der Waals surface area contributed by atoms with E-state index >= 15 is 0 Å². The molecule has 0 unspecified atom stereocenters. The van der Waals surface area contributed by atoms with Gasteiger partial charge in [0.2, 0.25) is 0 Å². The monoisotopic (exact) mass is 256 g/mol. The van der Waals surface area contributed by atoms with E-state index in [0.29, 0.717) is 0 Å². The van der Waals surface area contributed by atoms with Crippen molar-refractivity contribution in [1.29, 1.82) is 0 Å². The van der Waals surface area contributed by atoms with Gasteiger partial charge < -0.3 is 0 Å². The minimum atomic E-state index is -3.27. The quantitative estimate of drug-likeness (QED) is 0.601. The standard InChI is InChI=1S/C13H17FO2S/c14-11-7-9-13(10-8-11)17(15,16)12-5-3-1-2-4-6-12/h7-10,12H,1-6H2. The van der Waals surface area contributed by atoms with Crippen molar-refractivity contribution in [3.63, 3.8) is 0 Å². The molecule has 1 aromatic rings. The highest BCUT2D eigenvalue weighted by atomic mass is 32.2. The maximum absolute atomic E-state index is 12.8. The lowest BCUT2D eigenvalue weighted by molar-refractivity contribution is 0.562. The van der Waals surface area contributed by atoms with Gasteiger partial charge in [-0.05, 0) is 37.1 Å². The predicted molar refractivity (Wildman–Crippen MR) is 65.1 cm³/mol. The Morgan fingerprint density at radius 2 is 1.47 bits per heavy atom. The summed E-state index contributed by atoms with van der Waals surface area (Å²) >= 11 is 0. The van der Waals surface area contributed by atoms with Crippen molar-refractivity contribution in [3.8, 4) is 0 Å². The molecule has 1 saturated carbocycles. The Balaban J connectivity index is 2.25. The van der Waals surface area contributed by atoms with Crippen molar-refractivity contribution < 1.29 is 12.8 Å². The lowest BCUT2D eigenvalue weighted by atomic mass is 10.2. The highest BCUT2D eigenvalue weighted by Gasteiger charge is 2.27. The average Bonchev–Trinajstić information content (AvgIpc) is 2.58. The Kier molecular flexibility index (Phi) is 3.82. The first-order chi connectivity index (χ1) is 8.10. The summed E-state index contributed by atoms with van der Waals surface area (Å²) < 4.78 is 37.4. The zero-order chi connectivity index (χ0) is 12.3. The first-order valence-electron chi connectivity index (χ1n) is 6.10. The summed E-state index contributed by atoms with van der Waals surface area (Å²) in [5.74, 6) is -0.398. The number of hydrogen-bond acceptors (Lipinski definition) is 2. The van der Waals surface area contributed by atoms with Crippen molar-refractivity contribution >= 4 is 9.84 Å². The van der Waals surface area contributed by atoms with E-state index < -0.39 is 15.7 Å². The van der Waals surface area contributed by atoms with Gasteiger partial charge in [0, 0.05) is 0 Å². The average molecular weight is 256 g/mol. The molecular weight excluding hydrogens is 239 g/mol. The highest BCUT2D eigenvalue weighted by molar-refractivity contribution is 7.92. The molecule has 0 spiro atoms. The van der Waals surface area contributed by atoms with Gasteiger partial charge >= 0.3 is 0 Å². The van der Waals surface area contributed by atoms with E-state index in [1.165, 1.54) is 24.3 Å². The summed E-state index contributed by atoms with van der Waals surface area (Å²) in [4.78, 5) is 0.255. The van der Waals surface area contributed by atoms with Crippen LogP contribution in [0, 0.1) is 5.82 Å². The topological polar surface area (TPSA) is 34.1 Å². The molecule has 2 nitrogen and oxygen atoms in total. The molecule has 0 amide bonds. The van der Waals surface area contributed by atoms with Crippen LogP contribution in [-0.2, 0) is 9.84 Å². The van der Waals surface area contributed by atoms with Crippen LogP contribution in [0.5, 0.6) is 0 Å². The van der Waals surface area contributed by atoms with Gasteiger partial charge in [-0.15, -0.1) is 0 Å². The van der Waals surface area contributed by atoms with E-state index in [1.807, 2.05) is 0 Å². The SMILES string of the molecule is O=S(=O)(c1ccc(F)cc1)C1CCCCCC1. The Morgan fingerprint density at radius 3 is 2.00 bits per heavy atom. The van der Waals surface area contributed by atoms with E-state index in [4.69, 9.17) is 0 Å². The van der Waals surface area contributed by atoms with Crippen LogP contribution in [0.15, 0.2) is 29.2 Å². The molecule has 94 valence electrons. The Hall–Kier alpha value is -0.900. The van der Waals surface area contributed by atoms with Gasteiger partial charge in [0.15, 0.2) is 9.84 Å². The fourth-order valence-corrected chi connectivity index (χ4v) is 4.22. The van der Waals surface area contributed by atoms with Gasteiger partial charge in [0.05, 0.1) is 10.1 Å². The second kappa shape index (κ2) is 5.17. The third kappa shape index (κ3) is 2.86. The molecule has 0 radical (unpaired) electrons. The summed E-state index contributed by atoms with van der Waals surface area (Å²) in [7, 11) is -3.27. The van der Waals surface area contributed by atoms with Gasteiger partial charge in [-0.2, -0.15) is 0 Å². The van der Waals surface area contributed by atoms with Crippen molar-refractivity contribution in [2.24, 2.45) is 0 Å². The van der Waals surface area contributed by atoms with Crippen LogP contribution < -0.4 is 0 Å². The van der Waals surface area contributed by atoms with E-state index in [9.17, 15) is 12.8 Å². The molecule has 4 heteroatoms. The van der Waals surface area contributed by atoms with E-state index in [0.717, 1.165) is 38.5 Å². The van der Waals surface area contributed by atoms with Gasteiger partial charge in [0.1, 0.15) is 5.82 Å². The second-order valence-corrected chi connectivity index (χ2v) is 6.84. The summed E-state index contributed by atoms with van der Waals surface area (Å²) in [5.41, 5.74) is 0. The minimum absolute atomic E-state index is 0.255. The fourth-order valence-electron chi connectivity index (χ4n) is 2.37. The molecular formula is C13H17FO2S. The molecule has 0 saturated heterocycles. The number of halogens is 1. The smallest absolute Gasteiger partial charge is 0.181 e. The molecule has 2 rings (SSSR count). The fraction of sp³-hybridized carbons (Fsp3) is 0.538. The first kappa shape index (κ1) is 12.6. The molecule has 0 N–H and O–H groups in total. The van der Waals surface area contributed by atoms with Crippen LogP contribution in [0.25, 0.3) is 0 Å². The lowest BCUT2D eigenvalue weighted by Crippen LogP contribution is -2.20. The summed E-state index contributed by atoms with van der Waals surface area (Å²) in [6, 6.07) is 5.16. The zero-order valence-corrected chi connectivity index (χ0v) is 10.5. The van der Waals surface area contributed by atoms with E-state index in [2.05, 4.69) is 0 Å². The maximum atomic E-state index is 12.8. The third-order valence-corrected chi connectivity index (χ3v) is 5.66. The van der Waals surface area contributed by atoms with Crippen LogP contribution in [0.4, 0.5) is 4.39 Å². The Morgan fingerprint density at radius 1 is 0.941 bits per heavy atom. The van der Waals surface area contributed by atoms with Crippen LogP contribution in [0.2, 0.25) is 0 Å². The minimum Gasteiger partial charge on any atom is -0.223 e. The Labute approximate surface area is 102 Å². The van der Waals surface area contributed by atoms with Gasteiger partial charge in [-0.3, -0.25) is 0 Å². The van der Waals surface area contributed by atoms with Gasteiger partial charge in [-0.25, -0.2) is 12.8 Å². The molecule has 1 aromatic carbocycles. The second-order valence-electron chi connectivity index (χ2n) is 4.61. The number of benzene rings is 1. The van der Waals surface area contributed by atoms with Gasteiger partial charge in [-0.1, -0.05) is 25.7 Å². The molecule has 0 aromatic heterocycles. The molecule has 0 heterocycles. The first-order valence-corrected chi connectivity index (χ1v) is 7.65. The van der Waals surface area contributed by atoms with Crippen LogP contribution in [0.3, 0.4) is 0 Å². The maximum Gasteiger partial charge on any atom is 0.181 e. The summed E-state index contributed by atoms with van der Waals surface area (Å²) in [5, 5.41) is -0.282. The molecule has 1 aliphatic rings. The van der Waals surface area contributed by atoms with Crippen LogP contribution in [-0.4, -0.2) is 13.7 Å². The third-order valence-electron chi connectivity index (χ3n) is 3.38. The van der Waals surface area contributed by atoms with E-state index in [-0.39, 0.29) is 10.1 Å². The molecule has 0 aliphatic heterocycles. The highest BCUT2D eigenvalue weighted by Crippen LogP contribution is 2.27. The summed E-state index contributed by atoms with van der Waals surface area (Å²) in [6.07, 6.45) is 5.67. The van der Waals surface area contributed by atoms with Crippen molar-refractivity contribution in [1.82, 2.24) is 0 Å². The van der Waals surface area contributed by atoms with E-state index in [1.54, 1.807) is 0 Å². The summed E-state index contributed by atoms with van der Waals surface area (Å²) in [6.45, 7) is 0. The predicted octanol–water partition coefficient (Wildman–Crippen LogP) is 3.32. The van der Waals surface area contributed by atoms with Crippen molar-refractivity contribution in [2.45, 2.75) is 48.7 Å². The normalized spacial score (nSPS) is 18.9. The van der Waals surface area contributed by atoms with Crippen LogP contribution in [0.1, 0.15) is 38.5 Å². The van der Waals surface area contributed by atoms with Gasteiger partial charge in [0.25, 0.3) is 0 Å². The number of hydrogen-bond donors (Lipinski definition) is 0. The largest absolute Gasteiger partial charge is 0.223 e. The van der Waals surface area contributed by atoms with Crippen LogP contribution >= 0.6 is 0 Å². The number of sulfone groups is 1. The zero-order valence-electron chi connectivity index (χ0n) is 9.73. The number of rotatable bonds is 2. The molecule has 1 fully saturated rings. The molecule has 0 bridgehead atoms. The molecule has 17 heavy (non-hydrogen) atoms. The Bertz CT molecular complexity index is 457. The molecule has 0 atom stereocenters. The lowest BCUT2D eigenvalue weighted by Gasteiger charge is -2.15. The molecule has 1 aliphatic carbocycles. The van der Waals surface area contributed by atoms with Crippen molar-refractivity contribution in [3.05, 3.63) is 30.1 Å².